The standard InChI is InChI=1S/C14H20N4/c1-11(2)13(7-15)14-8-16-10-18(14)9-12-5-3-4-6-17-12/h3-6,8,10-11,13H,7,9,15H2,1-2H3. The Morgan fingerprint density at radius 3 is 2.78 bits per heavy atom. The van der Waals surface area contributed by atoms with Gasteiger partial charge in [0.05, 0.1) is 18.6 Å². The van der Waals surface area contributed by atoms with E-state index in [1.54, 1.807) is 0 Å². The first kappa shape index (κ1) is 12.8. The second-order valence-corrected chi connectivity index (χ2v) is 4.85. The van der Waals surface area contributed by atoms with Crippen LogP contribution in [0.2, 0.25) is 0 Å². The second-order valence-electron chi connectivity index (χ2n) is 4.85. The van der Waals surface area contributed by atoms with Crippen molar-refractivity contribution in [3.05, 3.63) is 48.3 Å². The lowest BCUT2D eigenvalue weighted by molar-refractivity contribution is 0.477. The lowest BCUT2D eigenvalue weighted by Gasteiger charge is -2.20. The van der Waals surface area contributed by atoms with E-state index in [-0.39, 0.29) is 0 Å². The maximum Gasteiger partial charge on any atom is 0.0951 e. The van der Waals surface area contributed by atoms with Crippen molar-refractivity contribution >= 4 is 0 Å². The van der Waals surface area contributed by atoms with Crippen LogP contribution in [0.5, 0.6) is 0 Å². The van der Waals surface area contributed by atoms with Crippen molar-refractivity contribution in [2.75, 3.05) is 6.54 Å². The van der Waals surface area contributed by atoms with E-state index in [0.29, 0.717) is 18.4 Å². The molecule has 4 heteroatoms. The molecule has 0 amide bonds. The van der Waals surface area contributed by atoms with E-state index in [1.165, 1.54) is 5.69 Å². The molecule has 0 bridgehead atoms. The van der Waals surface area contributed by atoms with E-state index in [2.05, 4.69) is 28.4 Å². The van der Waals surface area contributed by atoms with Crippen LogP contribution in [0.3, 0.4) is 0 Å². The van der Waals surface area contributed by atoms with Crippen LogP contribution < -0.4 is 5.73 Å². The first-order chi connectivity index (χ1) is 8.72. The number of nitrogens with zero attached hydrogens (tertiary/aromatic N) is 3. The number of pyridine rings is 1. The smallest absolute Gasteiger partial charge is 0.0951 e. The molecule has 2 rings (SSSR count). The predicted molar refractivity (Wildman–Crippen MR) is 72.2 cm³/mol. The van der Waals surface area contributed by atoms with Gasteiger partial charge in [0.15, 0.2) is 0 Å². The maximum atomic E-state index is 5.87. The highest BCUT2D eigenvalue weighted by Gasteiger charge is 2.18. The van der Waals surface area contributed by atoms with Gasteiger partial charge in [0.25, 0.3) is 0 Å². The van der Waals surface area contributed by atoms with Crippen LogP contribution in [0.15, 0.2) is 36.9 Å². The molecule has 0 aromatic carbocycles. The molecule has 96 valence electrons. The Labute approximate surface area is 108 Å². The van der Waals surface area contributed by atoms with E-state index >= 15 is 0 Å². The summed E-state index contributed by atoms with van der Waals surface area (Å²) in [5.74, 6) is 0.852. The molecule has 2 aromatic heterocycles. The van der Waals surface area contributed by atoms with Crippen molar-refractivity contribution in [1.29, 1.82) is 0 Å². The summed E-state index contributed by atoms with van der Waals surface area (Å²) in [5.41, 5.74) is 8.10. The Morgan fingerprint density at radius 1 is 1.33 bits per heavy atom. The molecule has 0 aliphatic heterocycles. The van der Waals surface area contributed by atoms with Crippen molar-refractivity contribution in [1.82, 2.24) is 14.5 Å². The minimum absolute atomic E-state index is 0.344. The molecule has 0 saturated heterocycles. The molecular formula is C14H20N4. The molecule has 18 heavy (non-hydrogen) atoms. The van der Waals surface area contributed by atoms with Gasteiger partial charge in [-0.1, -0.05) is 19.9 Å². The number of nitrogens with two attached hydrogens (primary N) is 1. The summed E-state index contributed by atoms with van der Waals surface area (Å²) in [6.07, 6.45) is 5.59. The zero-order valence-corrected chi connectivity index (χ0v) is 11.0. The normalized spacial score (nSPS) is 12.9. The topological polar surface area (TPSA) is 56.7 Å². The number of hydrogen-bond donors (Lipinski definition) is 1. The fourth-order valence-electron chi connectivity index (χ4n) is 2.17. The fourth-order valence-corrected chi connectivity index (χ4v) is 2.17. The van der Waals surface area contributed by atoms with Crippen molar-refractivity contribution in [3.63, 3.8) is 0 Å². The highest BCUT2D eigenvalue weighted by Crippen LogP contribution is 2.23. The first-order valence-corrected chi connectivity index (χ1v) is 6.32. The molecule has 0 radical (unpaired) electrons. The van der Waals surface area contributed by atoms with E-state index in [4.69, 9.17) is 5.73 Å². The Morgan fingerprint density at radius 2 is 2.17 bits per heavy atom. The van der Waals surface area contributed by atoms with Crippen LogP contribution in [0, 0.1) is 5.92 Å². The van der Waals surface area contributed by atoms with E-state index in [1.807, 2.05) is 36.9 Å². The van der Waals surface area contributed by atoms with Gasteiger partial charge in [-0.15, -0.1) is 0 Å². The van der Waals surface area contributed by atoms with Crippen LogP contribution in [-0.2, 0) is 6.54 Å². The van der Waals surface area contributed by atoms with Crippen molar-refractivity contribution in [3.8, 4) is 0 Å². The van der Waals surface area contributed by atoms with E-state index in [9.17, 15) is 0 Å². The molecular weight excluding hydrogens is 224 g/mol. The highest BCUT2D eigenvalue weighted by molar-refractivity contribution is 5.12. The van der Waals surface area contributed by atoms with E-state index in [0.717, 1.165) is 12.2 Å². The molecule has 1 unspecified atom stereocenters. The van der Waals surface area contributed by atoms with Crippen molar-refractivity contribution in [2.24, 2.45) is 11.7 Å². The molecule has 0 fully saturated rings. The minimum atomic E-state index is 0.344. The molecule has 0 saturated carbocycles. The molecule has 1 atom stereocenters. The summed E-state index contributed by atoms with van der Waals surface area (Å²) < 4.78 is 2.14. The van der Waals surface area contributed by atoms with Gasteiger partial charge in [-0.3, -0.25) is 4.98 Å². The maximum absolute atomic E-state index is 5.87. The lowest BCUT2D eigenvalue weighted by atomic mass is 9.93. The van der Waals surface area contributed by atoms with Gasteiger partial charge in [0, 0.05) is 30.6 Å². The van der Waals surface area contributed by atoms with Gasteiger partial charge in [-0.25, -0.2) is 4.98 Å². The van der Waals surface area contributed by atoms with Crippen LogP contribution in [0.1, 0.15) is 31.2 Å². The van der Waals surface area contributed by atoms with Gasteiger partial charge in [0.2, 0.25) is 0 Å². The van der Waals surface area contributed by atoms with Gasteiger partial charge in [0.1, 0.15) is 0 Å². The monoisotopic (exact) mass is 244 g/mol. The zero-order chi connectivity index (χ0) is 13.0. The molecule has 0 spiro atoms. The number of hydrogen-bond acceptors (Lipinski definition) is 3. The lowest BCUT2D eigenvalue weighted by Crippen LogP contribution is -2.21. The Balaban J connectivity index is 2.22. The third-order valence-electron chi connectivity index (χ3n) is 3.24. The summed E-state index contributed by atoms with van der Waals surface area (Å²) in [6.45, 7) is 5.77. The fraction of sp³-hybridized carbons (Fsp3) is 0.429. The van der Waals surface area contributed by atoms with Gasteiger partial charge in [-0.05, 0) is 18.1 Å². The SMILES string of the molecule is CC(C)C(CN)c1cncn1Cc1ccccn1. The van der Waals surface area contributed by atoms with Crippen LogP contribution in [0.25, 0.3) is 0 Å². The van der Waals surface area contributed by atoms with Crippen LogP contribution in [0.4, 0.5) is 0 Å². The quantitative estimate of drug-likeness (QED) is 0.875. The van der Waals surface area contributed by atoms with Crippen molar-refractivity contribution in [2.45, 2.75) is 26.3 Å². The zero-order valence-electron chi connectivity index (χ0n) is 11.0. The predicted octanol–water partition coefficient (Wildman–Crippen LogP) is 2.02. The third-order valence-corrected chi connectivity index (χ3v) is 3.24. The molecule has 2 N–H and O–H groups in total. The second kappa shape index (κ2) is 5.78. The first-order valence-electron chi connectivity index (χ1n) is 6.32. The van der Waals surface area contributed by atoms with Crippen LogP contribution >= 0.6 is 0 Å². The highest BCUT2D eigenvalue weighted by atomic mass is 15.1. The average molecular weight is 244 g/mol. The average Bonchev–Trinajstić information content (AvgIpc) is 2.79. The summed E-state index contributed by atoms with van der Waals surface area (Å²) in [5, 5.41) is 0. The van der Waals surface area contributed by atoms with Gasteiger partial charge >= 0.3 is 0 Å². The summed E-state index contributed by atoms with van der Waals surface area (Å²) in [6, 6.07) is 5.95. The minimum Gasteiger partial charge on any atom is -0.330 e. The molecule has 0 aliphatic rings. The van der Waals surface area contributed by atoms with Crippen molar-refractivity contribution < 1.29 is 0 Å². The molecule has 0 aliphatic carbocycles. The van der Waals surface area contributed by atoms with Crippen LogP contribution in [-0.4, -0.2) is 21.1 Å². The van der Waals surface area contributed by atoms with Gasteiger partial charge < -0.3 is 10.3 Å². The Kier molecular flexibility index (Phi) is 4.10. The summed E-state index contributed by atoms with van der Waals surface area (Å²) in [7, 11) is 0. The van der Waals surface area contributed by atoms with E-state index < -0.39 is 0 Å². The summed E-state index contributed by atoms with van der Waals surface area (Å²) >= 11 is 0. The van der Waals surface area contributed by atoms with Gasteiger partial charge in [-0.2, -0.15) is 0 Å². The number of aromatic nitrogens is 3. The number of imidazole rings is 1. The largest absolute Gasteiger partial charge is 0.330 e. The third kappa shape index (κ3) is 2.76. The molecule has 2 heterocycles. The Hall–Kier alpha value is -1.68. The summed E-state index contributed by atoms with van der Waals surface area (Å²) in [4.78, 5) is 8.59. The molecule has 4 nitrogen and oxygen atoms in total. The number of rotatable bonds is 5. The Bertz CT molecular complexity index is 476. The molecule has 2 aromatic rings.